The number of amides is 1. The van der Waals surface area contributed by atoms with Crippen LogP contribution in [0.4, 0.5) is 5.69 Å². The van der Waals surface area contributed by atoms with E-state index in [4.69, 9.17) is 9.47 Å². The molecule has 0 bridgehead atoms. The zero-order valence-electron chi connectivity index (χ0n) is 12.9. The van der Waals surface area contributed by atoms with Crippen LogP contribution in [-0.4, -0.2) is 18.1 Å². The fraction of sp³-hybridized carbons (Fsp3) is 0.278. The van der Waals surface area contributed by atoms with E-state index in [-0.39, 0.29) is 12.0 Å². The van der Waals surface area contributed by atoms with Gasteiger partial charge < -0.3 is 14.8 Å². The molecule has 0 saturated heterocycles. The molecule has 2 aromatic rings. The number of nitrogens with one attached hydrogen (secondary N) is 1. The molecule has 4 nitrogen and oxygen atoms in total. The fourth-order valence-corrected chi connectivity index (χ4v) is 2.56. The van der Waals surface area contributed by atoms with Crippen molar-refractivity contribution >= 4 is 11.6 Å². The van der Waals surface area contributed by atoms with Crippen molar-refractivity contribution in [3.8, 4) is 11.5 Å². The molecule has 2 unspecified atom stereocenters. The number of para-hydroxylation sites is 2. The Balaban J connectivity index is 1.78. The van der Waals surface area contributed by atoms with Gasteiger partial charge in [0.15, 0.2) is 11.5 Å². The average Bonchev–Trinajstić information content (AvgIpc) is 2.49. The Bertz CT molecular complexity index is 711. The van der Waals surface area contributed by atoms with E-state index in [0.717, 1.165) is 16.8 Å². The summed E-state index contributed by atoms with van der Waals surface area (Å²) in [5.41, 5.74) is 2.98. The van der Waals surface area contributed by atoms with Crippen molar-refractivity contribution in [3.05, 3.63) is 53.6 Å². The molecule has 0 aromatic heterocycles. The van der Waals surface area contributed by atoms with Crippen LogP contribution in [0.15, 0.2) is 42.5 Å². The van der Waals surface area contributed by atoms with Gasteiger partial charge >= 0.3 is 0 Å². The lowest BCUT2D eigenvalue weighted by atomic mass is 10.1. The van der Waals surface area contributed by atoms with Gasteiger partial charge in [-0.15, -0.1) is 0 Å². The van der Waals surface area contributed by atoms with Gasteiger partial charge in [0, 0.05) is 5.69 Å². The van der Waals surface area contributed by atoms with Crippen LogP contribution < -0.4 is 14.8 Å². The van der Waals surface area contributed by atoms with E-state index in [2.05, 4.69) is 5.32 Å². The van der Waals surface area contributed by atoms with Gasteiger partial charge in [0.2, 0.25) is 6.10 Å². The second kappa shape index (κ2) is 5.72. The topological polar surface area (TPSA) is 47.6 Å². The van der Waals surface area contributed by atoms with Crippen LogP contribution in [0.5, 0.6) is 11.5 Å². The van der Waals surface area contributed by atoms with Gasteiger partial charge in [-0.05, 0) is 44.5 Å². The maximum atomic E-state index is 12.5. The Morgan fingerprint density at radius 3 is 2.41 bits per heavy atom. The molecule has 1 aliphatic heterocycles. The van der Waals surface area contributed by atoms with E-state index in [9.17, 15) is 4.79 Å². The number of rotatable bonds is 2. The first kappa shape index (κ1) is 14.4. The van der Waals surface area contributed by atoms with Crippen molar-refractivity contribution < 1.29 is 14.3 Å². The quantitative estimate of drug-likeness (QED) is 0.923. The third-order valence-corrected chi connectivity index (χ3v) is 3.74. The third-order valence-electron chi connectivity index (χ3n) is 3.74. The normalized spacial score (nSPS) is 19.6. The maximum absolute atomic E-state index is 12.5. The number of carbonyl (C=O) groups excluding carboxylic acids is 1. The summed E-state index contributed by atoms with van der Waals surface area (Å²) in [6.07, 6.45) is -1.02. The van der Waals surface area contributed by atoms with Crippen LogP contribution in [0.1, 0.15) is 18.1 Å². The molecule has 1 N–H and O–H groups in total. The summed E-state index contributed by atoms with van der Waals surface area (Å²) in [5.74, 6) is 1.07. The molecule has 0 saturated carbocycles. The molecule has 0 radical (unpaired) electrons. The first-order valence-electron chi connectivity index (χ1n) is 7.35. The summed E-state index contributed by atoms with van der Waals surface area (Å²) < 4.78 is 11.6. The van der Waals surface area contributed by atoms with Gasteiger partial charge in [-0.3, -0.25) is 4.79 Å². The molecule has 0 aliphatic carbocycles. The summed E-state index contributed by atoms with van der Waals surface area (Å²) in [6, 6.07) is 13.3. The molecular formula is C18H19NO3. The Hall–Kier alpha value is -2.49. The van der Waals surface area contributed by atoms with Crippen LogP contribution in [-0.2, 0) is 4.79 Å². The smallest absolute Gasteiger partial charge is 0.269 e. The largest absolute Gasteiger partial charge is 0.482 e. The van der Waals surface area contributed by atoms with Crippen molar-refractivity contribution in [2.24, 2.45) is 0 Å². The molecule has 22 heavy (non-hydrogen) atoms. The molecule has 1 heterocycles. The second-order valence-corrected chi connectivity index (χ2v) is 5.62. The molecule has 1 aliphatic rings. The molecule has 114 valence electrons. The highest BCUT2D eigenvalue weighted by molar-refractivity contribution is 5.95. The zero-order chi connectivity index (χ0) is 15.7. The molecule has 1 amide bonds. The van der Waals surface area contributed by atoms with Crippen LogP contribution in [0.2, 0.25) is 0 Å². The van der Waals surface area contributed by atoms with Gasteiger partial charge in [-0.1, -0.05) is 29.8 Å². The number of carbonyl (C=O) groups is 1. The van der Waals surface area contributed by atoms with Gasteiger partial charge in [-0.2, -0.15) is 0 Å². The van der Waals surface area contributed by atoms with Crippen molar-refractivity contribution in [1.29, 1.82) is 0 Å². The van der Waals surface area contributed by atoms with Gasteiger partial charge in [0.1, 0.15) is 6.10 Å². The lowest BCUT2D eigenvalue weighted by Gasteiger charge is -2.31. The highest BCUT2D eigenvalue weighted by Gasteiger charge is 2.34. The standard InChI is InChI=1S/C18H19NO3/c1-11-8-9-14(12(2)10-11)19-18(20)17-13(3)21-15-6-4-5-7-16(15)22-17/h4-10,13,17H,1-3H3,(H,19,20). The molecule has 0 spiro atoms. The number of benzene rings is 2. The highest BCUT2D eigenvalue weighted by Crippen LogP contribution is 2.33. The van der Waals surface area contributed by atoms with Crippen LogP contribution >= 0.6 is 0 Å². The summed E-state index contributed by atoms with van der Waals surface area (Å²) in [6.45, 7) is 5.83. The van der Waals surface area contributed by atoms with E-state index < -0.39 is 6.10 Å². The first-order valence-corrected chi connectivity index (χ1v) is 7.35. The van der Waals surface area contributed by atoms with Gasteiger partial charge in [0.05, 0.1) is 0 Å². The van der Waals surface area contributed by atoms with Crippen molar-refractivity contribution in [3.63, 3.8) is 0 Å². The predicted molar refractivity (Wildman–Crippen MR) is 85.5 cm³/mol. The van der Waals surface area contributed by atoms with E-state index in [1.165, 1.54) is 0 Å². The third kappa shape index (κ3) is 2.77. The SMILES string of the molecule is Cc1ccc(NC(=O)C2Oc3ccccc3OC2C)c(C)c1. The van der Waals surface area contributed by atoms with E-state index in [1.807, 2.05) is 57.2 Å². The minimum Gasteiger partial charge on any atom is -0.482 e. The Kier molecular flexibility index (Phi) is 3.75. The van der Waals surface area contributed by atoms with Crippen molar-refractivity contribution in [2.45, 2.75) is 33.0 Å². The van der Waals surface area contributed by atoms with E-state index in [0.29, 0.717) is 11.5 Å². The minimum atomic E-state index is -0.671. The average molecular weight is 297 g/mol. The number of hydrogen-bond acceptors (Lipinski definition) is 3. The molecule has 2 aromatic carbocycles. The fourth-order valence-electron chi connectivity index (χ4n) is 2.56. The lowest BCUT2D eigenvalue weighted by molar-refractivity contribution is -0.128. The summed E-state index contributed by atoms with van der Waals surface area (Å²) in [7, 11) is 0. The molecular weight excluding hydrogens is 278 g/mol. The molecule has 3 rings (SSSR count). The Labute approximate surface area is 130 Å². The monoisotopic (exact) mass is 297 g/mol. The van der Waals surface area contributed by atoms with Gasteiger partial charge in [-0.25, -0.2) is 0 Å². The molecule has 2 atom stereocenters. The van der Waals surface area contributed by atoms with E-state index >= 15 is 0 Å². The number of ether oxygens (including phenoxy) is 2. The summed E-state index contributed by atoms with van der Waals surface area (Å²) in [5, 5.41) is 2.92. The van der Waals surface area contributed by atoms with Crippen LogP contribution in [0.25, 0.3) is 0 Å². The molecule has 4 heteroatoms. The Morgan fingerprint density at radius 2 is 1.73 bits per heavy atom. The highest BCUT2D eigenvalue weighted by atomic mass is 16.6. The van der Waals surface area contributed by atoms with E-state index in [1.54, 1.807) is 6.07 Å². The predicted octanol–water partition coefficient (Wildman–Crippen LogP) is 3.47. The number of hydrogen-bond donors (Lipinski definition) is 1. The maximum Gasteiger partial charge on any atom is 0.269 e. The Morgan fingerprint density at radius 1 is 1.05 bits per heavy atom. The van der Waals surface area contributed by atoms with Crippen LogP contribution in [0, 0.1) is 13.8 Å². The number of aryl methyl sites for hydroxylation is 2. The van der Waals surface area contributed by atoms with Crippen molar-refractivity contribution in [2.75, 3.05) is 5.32 Å². The number of anilines is 1. The first-order chi connectivity index (χ1) is 10.5. The number of fused-ring (bicyclic) bond motifs is 1. The van der Waals surface area contributed by atoms with Crippen LogP contribution in [0.3, 0.4) is 0 Å². The molecule has 0 fully saturated rings. The lowest BCUT2D eigenvalue weighted by Crippen LogP contribution is -2.46. The second-order valence-electron chi connectivity index (χ2n) is 5.62. The summed E-state index contributed by atoms with van der Waals surface area (Å²) >= 11 is 0. The minimum absolute atomic E-state index is 0.200. The zero-order valence-corrected chi connectivity index (χ0v) is 12.9. The van der Waals surface area contributed by atoms with Gasteiger partial charge in [0.25, 0.3) is 5.91 Å². The van der Waals surface area contributed by atoms with Crippen molar-refractivity contribution in [1.82, 2.24) is 0 Å². The summed E-state index contributed by atoms with van der Waals surface area (Å²) in [4.78, 5) is 12.5.